The second-order valence-corrected chi connectivity index (χ2v) is 4.94. The van der Waals surface area contributed by atoms with Gasteiger partial charge >= 0.3 is 12.1 Å². The van der Waals surface area contributed by atoms with Crippen LogP contribution in [0.1, 0.15) is 41.6 Å². The van der Waals surface area contributed by atoms with E-state index < -0.39 is 29.1 Å². The van der Waals surface area contributed by atoms with Crippen LogP contribution in [0.4, 0.5) is 17.6 Å². The maximum absolute atomic E-state index is 13.4. The molecule has 0 N–H and O–H groups in total. The van der Waals surface area contributed by atoms with Crippen molar-refractivity contribution < 1.29 is 27.1 Å². The Bertz CT molecular complexity index is 490. The van der Waals surface area contributed by atoms with E-state index in [1.807, 2.05) is 0 Å². The van der Waals surface area contributed by atoms with Gasteiger partial charge in [0.15, 0.2) is 0 Å². The molecule has 0 bridgehead atoms. The maximum atomic E-state index is 13.4. The molecule has 20 heavy (non-hydrogen) atoms. The van der Waals surface area contributed by atoms with E-state index in [2.05, 4.69) is 0 Å². The summed E-state index contributed by atoms with van der Waals surface area (Å²) in [5.74, 6) is -1.82. The van der Waals surface area contributed by atoms with Gasteiger partial charge in [-0.25, -0.2) is 9.18 Å². The molecule has 2 nitrogen and oxygen atoms in total. The van der Waals surface area contributed by atoms with Gasteiger partial charge in [-0.3, -0.25) is 0 Å². The third kappa shape index (κ3) is 3.49. The van der Waals surface area contributed by atoms with Crippen molar-refractivity contribution >= 4 is 5.97 Å². The summed E-state index contributed by atoms with van der Waals surface area (Å²) in [6.45, 7) is 0.133. The van der Waals surface area contributed by atoms with E-state index in [0.29, 0.717) is 18.2 Å². The molecule has 2 rings (SSSR count). The summed E-state index contributed by atoms with van der Waals surface area (Å²) < 4.78 is 55.9. The first-order valence-corrected chi connectivity index (χ1v) is 6.42. The first-order chi connectivity index (χ1) is 9.38. The van der Waals surface area contributed by atoms with E-state index in [-0.39, 0.29) is 12.5 Å². The molecule has 0 amide bonds. The molecule has 0 heterocycles. The number of alkyl halides is 3. The molecule has 0 spiro atoms. The number of esters is 1. The van der Waals surface area contributed by atoms with Crippen molar-refractivity contribution in [3.05, 3.63) is 35.1 Å². The Kier molecular flexibility index (Phi) is 4.30. The zero-order chi connectivity index (χ0) is 14.8. The number of benzene rings is 1. The first kappa shape index (κ1) is 14.8. The Morgan fingerprint density at radius 3 is 2.50 bits per heavy atom. The molecule has 1 aromatic carbocycles. The van der Waals surface area contributed by atoms with Crippen molar-refractivity contribution in [2.75, 3.05) is 6.61 Å². The fourth-order valence-electron chi connectivity index (χ4n) is 2.31. The highest BCUT2D eigenvalue weighted by Crippen LogP contribution is 2.31. The maximum Gasteiger partial charge on any atom is 0.416 e. The van der Waals surface area contributed by atoms with Gasteiger partial charge in [0.25, 0.3) is 0 Å². The smallest absolute Gasteiger partial charge is 0.416 e. The highest BCUT2D eigenvalue weighted by Gasteiger charge is 2.32. The average molecular weight is 290 g/mol. The molecule has 1 aliphatic rings. The zero-order valence-electron chi connectivity index (χ0n) is 10.7. The minimum atomic E-state index is -4.62. The van der Waals surface area contributed by atoms with Crippen LogP contribution in [0.15, 0.2) is 18.2 Å². The van der Waals surface area contributed by atoms with Gasteiger partial charge in [-0.15, -0.1) is 0 Å². The summed E-state index contributed by atoms with van der Waals surface area (Å²) in [5, 5.41) is 0. The number of carbonyl (C=O) groups excluding carboxylic acids is 1. The largest absolute Gasteiger partial charge is 0.462 e. The highest BCUT2D eigenvalue weighted by atomic mass is 19.4. The van der Waals surface area contributed by atoms with Crippen molar-refractivity contribution in [3.8, 4) is 0 Å². The van der Waals surface area contributed by atoms with Crippen LogP contribution in [0.3, 0.4) is 0 Å². The molecule has 1 fully saturated rings. The van der Waals surface area contributed by atoms with Crippen LogP contribution in [-0.4, -0.2) is 12.6 Å². The summed E-state index contributed by atoms with van der Waals surface area (Å²) in [6, 6.07) is 1.73. The molecule has 0 aromatic heterocycles. The van der Waals surface area contributed by atoms with Crippen LogP contribution in [0.25, 0.3) is 0 Å². The van der Waals surface area contributed by atoms with Gasteiger partial charge in [0, 0.05) is 0 Å². The molecule has 1 aromatic rings. The summed E-state index contributed by atoms with van der Waals surface area (Å²) in [5.41, 5.74) is -1.73. The molecule has 0 radical (unpaired) electrons. The third-order valence-corrected chi connectivity index (χ3v) is 3.44. The van der Waals surface area contributed by atoms with Crippen LogP contribution >= 0.6 is 0 Å². The van der Waals surface area contributed by atoms with E-state index in [4.69, 9.17) is 4.74 Å². The lowest BCUT2D eigenvalue weighted by Crippen LogP contribution is -2.15. The molecule has 1 aliphatic carbocycles. The number of ether oxygens (including phenoxy) is 1. The molecule has 0 unspecified atom stereocenters. The summed E-state index contributed by atoms with van der Waals surface area (Å²) in [7, 11) is 0. The van der Waals surface area contributed by atoms with Crippen LogP contribution < -0.4 is 0 Å². The van der Waals surface area contributed by atoms with Gasteiger partial charge in [0.2, 0.25) is 0 Å². The first-order valence-electron chi connectivity index (χ1n) is 6.42. The van der Waals surface area contributed by atoms with Crippen molar-refractivity contribution in [1.29, 1.82) is 0 Å². The molecule has 0 aliphatic heterocycles. The number of halogens is 4. The van der Waals surface area contributed by atoms with Gasteiger partial charge in [-0.05, 0) is 37.0 Å². The Morgan fingerprint density at radius 2 is 1.90 bits per heavy atom. The molecule has 0 saturated heterocycles. The van der Waals surface area contributed by atoms with Gasteiger partial charge in [0.1, 0.15) is 5.82 Å². The van der Waals surface area contributed by atoms with Crippen LogP contribution in [0.5, 0.6) is 0 Å². The fraction of sp³-hybridized carbons (Fsp3) is 0.500. The normalized spacial score (nSPS) is 16.4. The lowest BCUT2D eigenvalue weighted by atomic mass is 10.1. The quantitative estimate of drug-likeness (QED) is 0.616. The predicted molar refractivity (Wildman–Crippen MR) is 63.6 cm³/mol. The fourth-order valence-corrected chi connectivity index (χ4v) is 2.31. The Balaban J connectivity index is 2.08. The van der Waals surface area contributed by atoms with Gasteiger partial charge in [-0.2, -0.15) is 13.2 Å². The van der Waals surface area contributed by atoms with E-state index in [0.717, 1.165) is 25.7 Å². The van der Waals surface area contributed by atoms with Crippen molar-refractivity contribution in [1.82, 2.24) is 0 Å². The molecular weight excluding hydrogens is 276 g/mol. The Hall–Kier alpha value is -1.59. The summed E-state index contributed by atoms with van der Waals surface area (Å²) in [4.78, 5) is 11.7. The average Bonchev–Trinajstić information content (AvgIpc) is 2.88. The second-order valence-electron chi connectivity index (χ2n) is 4.94. The van der Waals surface area contributed by atoms with E-state index in [1.165, 1.54) is 0 Å². The van der Waals surface area contributed by atoms with Crippen molar-refractivity contribution in [3.63, 3.8) is 0 Å². The van der Waals surface area contributed by atoms with Crippen molar-refractivity contribution in [2.24, 2.45) is 5.92 Å². The van der Waals surface area contributed by atoms with Crippen LogP contribution in [0, 0.1) is 11.7 Å². The molecule has 110 valence electrons. The number of hydrogen-bond donors (Lipinski definition) is 0. The number of rotatable bonds is 3. The van der Waals surface area contributed by atoms with Gasteiger partial charge in [0.05, 0.1) is 17.7 Å². The molecule has 6 heteroatoms. The van der Waals surface area contributed by atoms with Crippen LogP contribution in [-0.2, 0) is 10.9 Å². The minimum absolute atomic E-state index is 0.133. The number of hydrogen-bond acceptors (Lipinski definition) is 2. The van der Waals surface area contributed by atoms with E-state index in [1.54, 1.807) is 0 Å². The zero-order valence-corrected chi connectivity index (χ0v) is 10.7. The van der Waals surface area contributed by atoms with Gasteiger partial charge < -0.3 is 4.74 Å². The Labute approximate surface area is 113 Å². The molecular formula is C14H14F4O2. The van der Waals surface area contributed by atoms with E-state index >= 15 is 0 Å². The van der Waals surface area contributed by atoms with E-state index in [9.17, 15) is 22.4 Å². The molecule has 0 atom stereocenters. The minimum Gasteiger partial charge on any atom is -0.462 e. The summed E-state index contributed by atoms with van der Waals surface area (Å²) in [6.07, 6.45) is -0.648. The SMILES string of the molecule is O=C(OCC1CCCC1)c1cc(C(F)(F)F)ccc1F. The Morgan fingerprint density at radius 1 is 1.25 bits per heavy atom. The second kappa shape index (κ2) is 5.81. The number of carbonyl (C=O) groups is 1. The monoisotopic (exact) mass is 290 g/mol. The predicted octanol–water partition coefficient (Wildman–Crippen LogP) is 4.19. The topological polar surface area (TPSA) is 26.3 Å². The standard InChI is InChI=1S/C14H14F4O2/c15-12-6-5-10(14(16,17)18)7-11(12)13(19)20-8-9-3-1-2-4-9/h5-7,9H,1-4,8H2. The highest BCUT2D eigenvalue weighted by molar-refractivity contribution is 5.90. The lowest BCUT2D eigenvalue weighted by molar-refractivity contribution is -0.137. The lowest BCUT2D eigenvalue weighted by Gasteiger charge is -2.12. The summed E-state index contributed by atoms with van der Waals surface area (Å²) >= 11 is 0. The van der Waals surface area contributed by atoms with Gasteiger partial charge in [-0.1, -0.05) is 12.8 Å². The van der Waals surface area contributed by atoms with Crippen LogP contribution in [0.2, 0.25) is 0 Å². The van der Waals surface area contributed by atoms with Crippen molar-refractivity contribution in [2.45, 2.75) is 31.9 Å². The third-order valence-electron chi connectivity index (χ3n) is 3.44. The molecule has 1 saturated carbocycles.